The van der Waals surface area contributed by atoms with Gasteiger partial charge in [-0.3, -0.25) is 0 Å². The third-order valence-corrected chi connectivity index (χ3v) is 3.54. The van der Waals surface area contributed by atoms with E-state index >= 15 is 0 Å². The molecule has 0 atom stereocenters. The molecule has 0 saturated carbocycles. The topological polar surface area (TPSA) is 29.3 Å². The molecule has 0 bridgehead atoms. The Morgan fingerprint density at radius 2 is 1.65 bits per heavy atom. The molecule has 2 N–H and O–H groups in total. The maximum Gasteiger partial charge on any atom is 0.0398 e. The Morgan fingerprint density at radius 1 is 1.09 bits per heavy atom. The predicted molar refractivity (Wildman–Crippen MR) is 109 cm³/mol. The molecule has 1 aromatic rings. The van der Waals surface area contributed by atoms with E-state index in [2.05, 4.69) is 57.4 Å². The van der Waals surface area contributed by atoms with Gasteiger partial charge >= 0.3 is 0 Å². The molecule has 1 aromatic carbocycles. The summed E-state index contributed by atoms with van der Waals surface area (Å²) in [6.07, 6.45) is 3.77. The van der Waals surface area contributed by atoms with E-state index in [1.54, 1.807) is 0 Å². The monoisotopic (exact) mass is 320 g/mol. The Hall–Kier alpha value is -1.28. The van der Waals surface area contributed by atoms with Crippen LogP contribution in [0.1, 0.15) is 65.0 Å². The van der Waals surface area contributed by atoms with Crippen molar-refractivity contribution in [2.45, 2.75) is 67.7 Å². The van der Waals surface area contributed by atoms with Crippen molar-refractivity contribution in [3.8, 4) is 0 Å². The zero-order chi connectivity index (χ0) is 18.3. The molecule has 0 amide bonds. The number of benzene rings is 1. The van der Waals surface area contributed by atoms with Crippen molar-refractivity contribution in [3.05, 3.63) is 41.5 Å². The molecule has 0 aliphatic heterocycles. The average Bonchev–Trinajstić information content (AvgIpc) is 2.56. The molecule has 0 spiro atoms. The van der Waals surface area contributed by atoms with Crippen LogP contribution in [0.2, 0.25) is 0 Å². The van der Waals surface area contributed by atoms with E-state index in [4.69, 9.17) is 5.73 Å². The normalized spacial score (nSPS) is 9.22. The smallest absolute Gasteiger partial charge is 0.0398 e. The van der Waals surface area contributed by atoms with E-state index in [9.17, 15) is 0 Å². The molecular weight excluding hydrogens is 280 g/mol. The minimum absolute atomic E-state index is 0.611. The van der Waals surface area contributed by atoms with Crippen molar-refractivity contribution in [1.82, 2.24) is 0 Å². The second kappa shape index (κ2) is 15.6. The summed E-state index contributed by atoms with van der Waals surface area (Å²) in [6.45, 7) is 21.4. The van der Waals surface area contributed by atoms with E-state index in [1.165, 1.54) is 49.2 Å². The summed E-state index contributed by atoms with van der Waals surface area (Å²) in [6, 6.07) is 6.63. The maximum absolute atomic E-state index is 5.07. The molecule has 0 fully saturated rings. The Kier molecular flexibility index (Phi) is 16.3. The van der Waals surface area contributed by atoms with Crippen LogP contribution in [0.3, 0.4) is 0 Å². The summed E-state index contributed by atoms with van der Waals surface area (Å²) in [7, 11) is 0. The molecule has 0 radical (unpaired) electrons. The highest BCUT2D eigenvalue weighted by Crippen LogP contribution is 2.23. The lowest BCUT2D eigenvalue weighted by Crippen LogP contribution is -2.26. The van der Waals surface area contributed by atoms with Gasteiger partial charge in [0.25, 0.3) is 0 Å². The Bertz CT molecular complexity index is 410. The van der Waals surface area contributed by atoms with Gasteiger partial charge in [-0.05, 0) is 50.8 Å². The van der Waals surface area contributed by atoms with Crippen molar-refractivity contribution < 1.29 is 0 Å². The second-order valence-corrected chi connectivity index (χ2v) is 5.72. The number of rotatable bonds is 7. The zero-order valence-electron chi connectivity index (χ0n) is 16.7. The quantitative estimate of drug-likeness (QED) is 0.637. The maximum atomic E-state index is 5.07. The van der Waals surface area contributed by atoms with E-state index in [1.807, 2.05) is 20.8 Å². The van der Waals surface area contributed by atoms with Crippen LogP contribution in [0.25, 0.3) is 0 Å². The van der Waals surface area contributed by atoms with Gasteiger partial charge in [0, 0.05) is 25.3 Å². The number of nitrogens with zero attached hydrogens (tertiary/aromatic N) is 1. The van der Waals surface area contributed by atoms with Crippen LogP contribution in [-0.2, 0) is 0 Å². The third kappa shape index (κ3) is 11.0. The molecule has 0 heterocycles. The van der Waals surface area contributed by atoms with Crippen molar-refractivity contribution in [2.24, 2.45) is 5.73 Å². The minimum atomic E-state index is 0.611. The number of anilines is 1. The first-order valence-electron chi connectivity index (χ1n) is 9.13. The summed E-state index contributed by atoms with van der Waals surface area (Å²) in [5.74, 6) is 0. The van der Waals surface area contributed by atoms with Crippen LogP contribution in [0, 0.1) is 13.8 Å². The van der Waals surface area contributed by atoms with Crippen molar-refractivity contribution >= 4 is 5.69 Å². The van der Waals surface area contributed by atoms with Crippen LogP contribution in [0.4, 0.5) is 5.69 Å². The molecule has 134 valence electrons. The molecule has 2 nitrogen and oxygen atoms in total. The molecule has 2 heteroatoms. The van der Waals surface area contributed by atoms with Gasteiger partial charge in [0.05, 0.1) is 0 Å². The van der Waals surface area contributed by atoms with Crippen LogP contribution in [0.5, 0.6) is 0 Å². The molecule has 0 aromatic heterocycles. The first-order valence-corrected chi connectivity index (χ1v) is 9.13. The van der Waals surface area contributed by atoms with Gasteiger partial charge in [0.2, 0.25) is 0 Å². The number of unbranched alkanes of at least 4 members (excludes halogenated alkanes) is 1. The number of hydrogen-bond donors (Lipinski definition) is 1. The van der Waals surface area contributed by atoms with Gasteiger partial charge in [-0.15, -0.1) is 0 Å². The van der Waals surface area contributed by atoms with Crippen molar-refractivity contribution in [3.63, 3.8) is 0 Å². The highest BCUT2D eigenvalue weighted by Gasteiger charge is 2.08. The summed E-state index contributed by atoms with van der Waals surface area (Å²) in [4.78, 5) is 2.53. The van der Waals surface area contributed by atoms with Gasteiger partial charge < -0.3 is 10.6 Å². The van der Waals surface area contributed by atoms with Crippen LogP contribution in [0.15, 0.2) is 30.4 Å². The molecular formula is C21H40N2. The van der Waals surface area contributed by atoms with Gasteiger partial charge in [0.1, 0.15) is 0 Å². The highest BCUT2D eigenvalue weighted by molar-refractivity contribution is 5.55. The fourth-order valence-corrected chi connectivity index (χ4v) is 2.05. The molecule has 23 heavy (non-hydrogen) atoms. The van der Waals surface area contributed by atoms with Gasteiger partial charge in [0.15, 0.2) is 0 Å². The fourth-order valence-electron chi connectivity index (χ4n) is 2.05. The van der Waals surface area contributed by atoms with Gasteiger partial charge in [-0.2, -0.15) is 0 Å². The number of aryl methyl sites for hydroxylation is 1. The van der Waals surface area contributed by atoms with E-state index in [-0.39, 0.29) is 0 Å². The first kappa shape index (κ1) is 24.0. The third-order valence-electron chi connectivity index (χ3n) is 3.54. The summed E-state index contributed by atoms with van der Waals surface area (Å²) >= 11 is 0. The number of nitrogens with two attached hydrogens (primary N) is 1. The molecule has 0 unspecified atom stereocenters. The van der Waals surface area contributed by atoms with Crippen LogP contribution < -0.4 is 10.6 Å². The minimum Gasteiger partial charge on any atom is -0.371 e. The largest absolute Gasteiger partial charge is 0.371 e. The molecule has 0 aliphatic carbocycles. The van der Waals surface area contributed by atoms with E-state index in [0.717, 1.165) is 5.57 Å². The summed E-state index contributed by atoms with van der Waals surface area (Å²) in [5.41, 5.74) is 10.4. The molecule has 0 aliphatic rings. The summed E-state index contributed by atoms with van der Waals surface area (Å²) < 4.78 is 0. The fraction of sp³-hybridized carbons (Fsp3) is 0.619. The Labute approximate surface area is 145 Å². The Balaban J connectivity index is 0. The van der Waals surface area contributed by atoms with Crippen LogP contribution in [-0.4, -0.2) is 19.6 Å². The highest BCUT2D eigenvalue weighted by atomic mass is 15.1. The van der Waals surface area contributed by atoms with Crippen molar-refractivity contribution in [2.75, 3.05) is 24.5 Å². The Morgan fingerprint density at radius 3 is 2.09 bits per heavy atom. The van der Waals surface area contributed by atoms with E-state index < -0.39 is 0 Å². The molecule has 1 rings (SSSR count). The lowest BCUT2D eigenvalue weighted by Gasteiger charge is -2.26. The molecule has 0 saturated heterocycles. The van der Waals surface area contributed by atoms with Crippen LogP contribution >= 0.6 is 0 Å². The standard InChI is InChI=1S/C15H25N.C4H9N.C2H6/c1-5-7-12-16(11-6-2)15-10-8-9-13(3)14(15)4;1-4(2)3-5;1-2/h8-10H,5-7,11-12H2,1-4H3;1,3,5H2,2H3;1-2H3. The van der Waals surface area contributed by atoms with Crippen molar-refractivity contribution in [1.29, 1.82) is 0 Å². The SMILES string of the molecule is C=C(C)CN.CC.CCCCN(CCC)c1cccc(C)c1C. The van der Waals surface area contributed by atoms with E-state index in [0.29, 0.717) is 6.54 Å². The van der Waals surface area contributed by atoms with Gasteiger partial charge in [-0.1, -0.05) is 58.4 Å². The predicted octanol–water partition coefficient (Wildman–Crippen LogP) is 5.87. The zero-order valence-corrected chi connectivity index (χ0v) is 16.7. The lowest BCUT2D eigenvalue weighted by molar-refractivity contribution is 0.702. The first-order chi connectivity index (χ1) is 11.0. The lowest BCUT2D eigenvalue weighted by atomic mass is 10.1. The second-order valence-electron chi connectivity index (χ2n) is 5.72. The van der Waals surface area contributed by atoms with Gasteiger partial charge in [-0.25, -0.2) is 0 Å². The number of hydrogen-bond acceptors (Lipinski definition) is 2. The summed E-state index contributed by atoms with van der Waals surface area (Å²) in [5, 5.41) is 0. The average molecular weight is 321 g/mol.